The lowest BCUT2D eigenvalue weighted by Gasteiger charge is -2.20. The summed E-state index contributed by atoms with van der Waals surface area (Å²) in [4.78, 5) is 61.0. The smallest absolute Gasteiger partial charge is 0.255 e. The van der Waals surface area contributed by atoms with Gasteiger partial charge in [-0.15, -0.1) is 56.7 Å². The van der Waals surface area contributed by atoms with Gasteiger partial charge in [-0.3, -0.25) is 49.7 Å². The molecule has 0 spiro atoms. The van der Waals surface area contributed by atoms with Crippen LogP contribution in [0.3, 0.4) is 0 Å². The highest BCUT2D eigenvalue weighted by Gasteiger charge is 2.27. The number of hydrogen-bond donors (Lipinski definition) is 11. The number of rotatable bonds is 29. The summed E-state index contributed by atoms with van der Waals surface area (Å²) in [5, 5.41) is 90.4. The Hall–Kier alpha value is -15.4. The molecule has 0 radical (unpaired) electrons. The van der Waals surface area contributed by atoms with E-state index in [9.17, 15) is 29.4 Å². The zero-order valence-electron chi connectivity index (χ0n) is 72.3. The molecule has 0 saturated carbocycles. The second kappa shape index (κ2) is 45.5. The van der Waals surface area contributed by atoms with Crippen LogP contribution in [-0.2, 0) is 13.1 Å². The molecule has 0 bridgehead atoms. The third-order valence-electron chi connectivity index (χ3n) is 20.6. The van der Waals surface area contributed by atoms with Crippen LogP contribution in [-0.4, -0.2) is 145 Å². The average molecular weight is 1860 g/mol. The number of aromatic nitrogens is 11. The molecule has 2 atom stereocenters. The van der Waals surface area contributed by atoms with Crippen LogP contribution in [0.1, 0.15) is 137 Å². The molecule has 28 nitrogen and oxygen atoms in total. The molecule has 132 heavy (non-hydrogen) atoms. The van der Waals surface area contributed by atoms with Crippen LogP contribution in [0.15, 0.2) is 226 Å². The maximum atomic E-state index is 13.0. The van der Waals surface area contributed by atoms with Gasteiger partial charge in [-0.2, -0.15) is 30.8 Å². The van der Waals surface area contributed by atoms with E-state index in [1.165, 1.54) is 14.2 Å². The van der Waals surface area contributed by atoms with E-state index in [2.05, 4.69) is 83.3 Å². The van der Waals surface area contributed by atoms with E-state index >= 15 is 0 Å². The molecule has 0 fully saturated rings. The van der Waals surface area contributed by atoms with E-state index in [0.717, 1.165) is 113 Å². The van der Waals surface area contributed by atoms with Gasteiger partial charge in [0.05, 0.1) is 197 Å². The third kappa shape index (κ3) is 22.6. The number of nitrogens with zero attached hydrogens (tertiary/aromatic N) is 7. The lowest BCUT2D eigenvalue weighted by molar-refractivity contribution is 0.0891. The molecule has 33 heteroatoms. The van der Waals surface area contributed by atoms with Gasteiger partial charge in [0, 0.05) is 30.6 Å². The van der Waals surface area contributed by atoms with Gasteiger partial charge < -0.3 is 59.6 Å². The monoisotopic (exact) mass is 1850 g/mol. The number of carbonyl (C=O) groups excluding carboxylic acids is 4. The number of methoxy groups -OCH3 is 5. The van der Waals surface area contributed by atoms with Crippen molar-refractivity contribution in [3.63, 3.8) is 0 Å². The first-order valence-electron chi connectivity index (χ1n) is 41.2. The van der Waals surface area contributed by atoms with E-state index in [4.69, 9.17) is 33.4 Å². The lowest BCUT2D eigenvalue weighted by atomic mass is 10.0. The summed E-state index contributed by atoms with van der Waals surface area (Å²) in [7, 11) is 7.75. The number of aliphatic hydroxyl groups excluding tert-OH is 2. The standard InChI is InChI=1S/C23H21N3O3S.C20H17N3O3S.C20H23N3O3S.C20H17N3O2S2.C16H12N4O/c1-29-22-17(23(28)24-20(14-27)15-6-3-2-4-7-15)10-12-19-21(22)18(25-26-19)11-9-16-8-5-13-30-16;1-25-19-15(20(24)21-12-13-4-2-10-26-13)7-9-17-18(19)16(22-23-17)8-6-14-5-3-11-27-14;1-12(2)17(11-24)21-20(25)14-7-9-16-18(19(14)26-3)15(22-23-16)8-6-13-5-4-10-27-13;1-25-19-15(20(24)21-12-14-5-3-11-27-14)7-9-17-18(19)16(22-23-17)8-6-13-4-2-10-26-13;1-21-16-11(10-17)5-7-13-15(16)14(20-19-13)8-6-12-4-2-3-9-18-12/h2-13,20,27H,14H2,1H3,(H,24,28)(H,25,26);2-11H,12H2,1H3,(H,21,24)(H,22,23);4-10,12,17,24H,11H2,1-3H3,(H,21,25)(H,22,23);2-11H,12H2,1H3,(H,21,24)(H,22,23);2-9H,1H3,(H,19,20)/b11-9+;4*8-6+. The van der Waals surface area contributed by atoms with Crippen LogP contribution in [0.5, 0.6) is 28.7 Å². The summed E-state index contributed by atoms with van der Waals surface area (Å²) >= 11 is 8.19. The average Bonchev–Trinajstić information content (AvgIpc) is 1.63. The molecule has 18 aromatic rings. The Kier molecular flexibility index (Phi) is 32.0. The highest BCUT2D eigenvalue weighted by molar-refractivity contribution is 7.12. The number of hydrogen-bond acceptors (Lipinski definition) is 24. The van der Waals surface area contributed by atoms with E-state index in [1.54, 1.807) is 151 Å². The van der Waals surface area contributed by atoms with Crippen LogP contribution in [0.2, 0.25) is 0 Å². The van der Waals surface area contributed by atoms with Crippen LogP contribution in [0, 0.1) is 17.2 Å². The van der Waals surface area contributed by atoms with Gasteiger partial charge in [0.25, 0.3) is 23.6 Å². The zero-order valence-corrected chi connectivity index (χ0v) is 76.4. The van der Waals surface area contributed by atoms with Gasteiger partial charge in [-0.25, -0.2) is 0 Å². The molecule has 6 aromatic carbocycles. The largest absolute Gasteiger partial charge is 0.495 e. The van der Waals surface area contributed by atoms with Gasteiger partial charge in [0.2, 0.25) is 0 Å². The number of nitriles is 1. The SMILES string of the molecule is COc1c(C#N)ccc2n[nH]c(/C=C/c3ccccn3)c12.COc1c(C(=O)NC(CO)C(C)C)ccc2n[nH]c(/C=C/c3cccs3)c12.COc1c(C(=O)NC(CO)c2ccccc2)ccc2n[nH]c(/C=C/c3cccs3)c12.COc1c(C(=O)NCc2ccco2)ccc2n[nH]c(/C=C/c3cccs3)c12.COc1c(C(=O)NCc2cccs2)ccc2n[nH]c(/C=C/c3cccs3)c12. The van der Waals surface area contributed by atoms with Crippen molar-refractivity contribution in [3.05, 3.63) is 319 Å². The number of ether oxygens (including phenoxy) is 5. The molecule has 4 amide bonds. The maximum Gasteiger partial charge on any atom is 0.255 e. The molecule has 668 valence electrons. The number of fused-ring (bicyclic) bond motifs is 5. The Labute approximate surface area is 777 Å². The molecule has 12 aromatic heterocycles. The first-order valence-corrected chi connectivity index (χ1v) is 45.6. The fourth-order valence-corrected chi connectivity index (χ4v) is 17.1. The molecule has 12 heterocycles. The number of benzene rings is 6. The Balaban J connectivity index is 0.000000133. The molecular formula is C99H90N16O12S5. The highest BCUT2D eigenvalue weighted by Crippen LogP contribution is 2.39. The summed E-state index contributed by atoms with van der Waals surface area (Å²) in [6.07, 6.45) is 22.8. The molecular weight excluding hydrogens is 1770 g/mol. The van der Waals surface area contributed by atoms with Gasteiger partial charge in [-0.1, -0.05) is 80.6 Å². The normalized spacial score (nSPS) is 11.8. The Morgan fingerprint density at radius 1 is 0.409 bits per heavy atom. The second-order valence-electron chi connectivity index (χ2n) is 29.1. The summed E-state index contributed by atoms with van der Waals surface area (Å²) in [6, 6.07) is 57.6. The van der Waals surface area contributed by atoms with E-state index in [-0.39, 0.29) is 48.8 Å². The minimum Gasteiger partial charge on any atom is -0.495 e. The minimum atomic E-state index is -0.512. The van der Waals surface area contributed by atoms with Crippen molar-refractivity contribution in [1.29, 1.82) is 5.26 Å². The highest BCUT2D eigenvalue weighted by atomic mass is 32.1. The topological polar surface area (TPSA) is 396 Å². The Bertz CT molecular complexity index is 6890. The van der Waals surface area contributed by atoms with Crippen LogP contribution >= 0.6 is 56.7 Å². The third-order valence-corrected chi connectivity index (χ3v) is 24.8. The zero-order chi connectivity index (χ0) is 92.2. The van der Waals surface area contributed by atoms with Crippen molar-refractivity contribution < 1.29 is 57.5 Å². The van der Waals surface area contributed by atoms with Gasteiger partial charge in [0.15, 0.2) is 0 Å². The van der Waals surface area contributed by atoms with E-state index in [0.29, 0.717) is 80.9 Å². The molecule has 11 N–H and O–H groups in total. The first kappa shape index (κ1) is 92.8. The van der Waals surface area contributed by atoms with Gasteiger partial charge in [0.1, 0.15) is 40.6 Å². The molecule has 2 unspecified atom stereocenters. The number of nitrogens with one attached hydrogen (secondary N) is 9. The van der Waals surface area contributed by atoms with Crippen molar-refractivity contribution in [2.24, 2.45) is 5.92 Å². The van der Waals surface area contributed by atoms with Crippen LogP contribution in [0.25, 0.3) is 115 Å². The fourth-order valence-electron chi connectivity index (χ4n) is 14.0. The van der Waals surface area contributed by atoms with Crippen molar-refractivity contribution >= 4 is 196 Å². The molecule has 0 aliphatic rings. The Morgan fingerprint density at radius 3 is 1.15 bits per heavy atom. The van der Waals surface area contributed by atoms with Gasteiger partial charge >= 0.3 is 0 Å². The summed E-state index contributed by atoms with van der Waals surface area (Å²) in [6.45, 7) is 4.38. The summed E-state index contributed by atoms with van der Waals surface area (Å²) < 4.78 is 33.0. The maximum absolute atomic E-state index is 13.0. The summed E-state index contributed by atoms with van der Waals surface area (Å²) in [5.74, 6) is 2.24. The Morgan fingerprint density at radius 2 is 0.795 bits per heavy atom. The summed E-state index contributed by atoms with van der Waals surface area (Å²) in [5.41, 5.74) is 11.5. The predicted molar refractivity (Wildman–Crippen MR) is 526 cm³/mol. The number of thiophene rings is 5. The molecule has 0 aliphatic carbocycles. The molecule has 0 saturated heterocycles. The second-order valence-corrected chi connectivity index (χ2v) is 34.1. The predicted octanol–water partition coefficient (Wildman–Crippen LogP) is 19.9. The number of aliphatic hydroxyl groups is 2. The van der Waals surface area contributed by atoms with Crippen molar-refractivity contribution in [3.8, 4) is 34.8 Å². The van der Waals surface area contributed by atoms with Gasteiger partial charge in [-0.05, 0) is 214 Å². The number of aromatic amines is 5. The number of H-pyrrole nitrogens is 5. The van der Waals surface area contributed by atoms with E-state index in [1.807, 2.05) is 223 Å². The van der Waals surface area contributed by atoms with Crippen molar-refractivity contribution in [2.45, 2.75) is 39.0 Å². The fraction of sp³-hybridized carbons (Fsp3) is 0.141. The minimum absolute atomic E-state index is 0.117. The quantitative estimate of drug-likeness (QED) is 0.0207. The number of carbonyl (C=O) groups is 4. The molecule has 18 rings (SSSR count). The van der Waals surface area contributed by atoms with Crippen LogP contribution < -0.4 is 45.0 Å². The number of amides is 4. The van der Waals surface area contributed by atoms with Crippen molar-refractivity contribution in [2.75, 3.05) is 48.8 Å². The molecule has 0 aliphatic heterocycles. The lowest BCUT2D eigenvalue weighted by Crippen LogP contribution is -2.41. The number of furan rings is 1. The van der Waals surface area contributed by atoms with Crippen LogP contribution in [0.4, 0.5) is 0 Å². The first-order chi connectivity index (χ1) is 64.6. The number of pyridine rings is 1. The van der Waals surface area contributed by atoms with E-state index < -0.39 is 6.04 Å². The van der Waals surface area contributed by atoms with Crippen molar-refractivity contribution in [1.82, 2.24) is 77.2 Å².